The Morgan fingerprint density at radius 3 is 3.00 bits per heavy atom. The third kappa shape index (κ3) is 3.74. The Morgan fingerprint density at radius 1 is 1.43 bits per heavy atom. The third-order valence-corrected chi connectivity index (χ3v) is 4.68. The summed E-state index contributed by atoms with van der Waals surface area (Å²) < 4.78 is 11.8. The lowest BCUT2D eigenvalue weighted by atomic mass is 10.3. The minimum Gasteiger partial charge on any atom is -0.457 e. The number of aryl methyl sites for hydroxylation is 1. The summed E-state index contributed by atoms with van der Waals surface area (Å²) in [6, 6.07) is 1.87. The summed E-state index contributed by atoms with van der Waals surface area (Å²) in [5.74, 6) is 0.297. The number of rotatable bonds is 6. The van der Waals surface area contributed by atoms with Gasteiger partial charge < -0.3 is 13.8 Å². The Labute approximate surface area is 139 Å². The van der Waals surface area contributed by atoms with E-state index in [9.17, 15) is 9.59 Å². The number of thiazole rings is 1. The molecule has 0 aromatic carbocycles. The summed E-state index contributed by atoms with van der Waals surface area (Å²) in [5.41, 5.74) is 1.68. The van der Waals surface area contributed by atoms with Crippen LogP contribution in [0.15, 0.2) is 31.5 Å². The van der Waals surface area contributed by atoms with Crippen molar-refractivity contribution in [2.75, 3.05) is 0 Å². The Balaban J connectivity index is 1.50. The number of carbonyl (C=O) groups is 1. The Hall–Kier alpha value is -2.26. The van der Waals surface area contributed by atoms with E-state index in [1.165, 1.54) is 11.3 Å². The number of thiophene rings is 1. The molecule has 3 rings (SSSR count). The molecule has 3 aromatic heterocycles. The molecule has 23 heavy (non-hydrogen) atoms. The molecule has 0 aliphatic carbocycles. The lowest BCUT2D eigenvalue weighted by Crippen LogP contribution is -2.18. The predicted molar refractivity (Wildman–Crippen MR) is 85.3 cm³/mol. The van der Waals surface area contributed by atoms with Gasteiger partial charge in [0.2, 0.25) is 5.82 Å². The van der Waals surface area contributed by atoms with Gasteiger partial charge in [0.25, 0.3) is 5.89 Å². The number of nitrogens with zero attached hydrogens (tertiary/aromatic N) is 3. The van der Waals surface area contributed by atoms with Crippen molar-refractivity contribution in [1.82, 2.24) is 14.7 Å². The van der Waals surface area contributed by atoms with E-state index >= 15 is 0 Å². The fraction of sp³-hybridized carbons (Fsp3) is 0.286. The standard InChI is InChI=1S/C14H13N3O4S2/c1-9-7-23-14(19)17(9)4-2-12(18)20-6-11-15-13(21-16-11)10-3-5-22-8-10/h3,5,7-8H,2,4,6H2,1H3. The topological polar surface area (TPSA) is 87.2 Å². The van der Waals surface area contributed by atoms with E-state index in [0.717, 1.165) is 22.6 Å². The summed E-state index contributed by atoms with van der Waals surface area (Å²) >= 11 is 2.65. The molecule has 0 atom stereocenters. The van der Waals surface area contributed by atoms with E-state index in [0.29, 0.717) is 18.3 Å². The van der Waals surface area contributed by atoms with E-state index in [-0.39, 0.29) is 17.9 Å². The summed E-state index contributed by atoms with van der Waals surface area (Å²) in [6.45, 7) is 2.08. The molecule has 0 saturated carbocycles. The molecule has 0 N–H and O–H groups in total. The normalized spacial score (nSPS) is 10.8. The van der Waals surface area contributed by atoms with Crippen LogP contribution in [0.25, 0.3) is 11.5 Å². The lowest BCUT2D eigenvalue weighted by Gasteiger charge is -2.04. The van der Waals surface area contributed by atoms with Crippen LogP contribution < -0.4 is 4.87 Å². The van der Waals surface area contributed by atoms with Crippen LogP contribution in [0.2, 0.25) is 0 Å². The quantitative estimate of drug-likeness (QED) is 0.634. The van der Waals surface area contributed by atoms with Crippen molar-refractivity contribution >= 4 is 28.6 Å². The fourth-order valence-corrected chi connectivity index (χ4v) is 3.30. The molecule has 9 heteroatoms. The van der Waals surface area contributed by atoms with Gasteiger partial charge in [0.1, 0.15) is 0 Å². The summed E-state index contributed by atoms with van der Waals surface area (Å²) in [5, 5.41) is 9.34. The molecule has 0 bridgehead atoms. The molecular formula is C14H13N3O4S2. The van der Waals surface area contributed by atoms with Gasteiger partial charge in [-0.2, -0.15) is 16.3 Å². The third-order valence-electron chi connectivity index (χ3n) is 3.11. The largest absolute Gasteiger partial charge is 0.457 e. The van der Waals surface area contributed by atoms with Gasteiger partial charge in [-0.1, -0.05) is 16.5 Å². The van der Waals surface area contributed by atoms with Gasteiger partial charge in [-0.3, -0.25) is 9.59 Å². The Kier molecular flexibility index (Phi) is 4.68. The van der Waals surface area contributed by atoms with Gasteiger partial charge in [0, 0.05) is 23.0 Å². The van der Waals surface area contributed by atoms with Crippen molar-refractivity contribution in [2.45, 2.75) is 26.5 Å². The van der Waals surface area contributed by atoms with Crippen molar-refractivity contribution in [1.29, 1.82) is 0 Å². The van der Waals surface area contributed by atoms with Gasteiger partial charge >= 0.3 is 10.8 Å². The first-order valence-corrected chi connectivity index (χ1v) is 8.61. The highest BCUT2D eigenvalue weighted by Gasteiger charge is 2.12. The predicted octanol–water partition coefficient (Wildman–Crippen LogP) is 2.46. The van der Waals surface area contributed by atoms with E-state index in [2.05, 4.69) is 10.1 Å². The molecule has 7 nitrogen and oxygen atoms in total. The smallest absolute Gasteiger partial charge is 0.308 e. The van der Waals surface area contributed by atoms with Crippen molar-refractivity contribution in [3.05, 3.63) is 43.4 Å². The second kappa shape index (κ2) is 6.88. The first-order valence-electron chi connectivity index (χ1n) is 6.79. The Bertz CT molecular complexity index is 848. The Morgan fingerprint density at radius 2 is 2.30 bits per heavy atom. The zero-order valence-electron chi connectivity index (χ0n) is 12.2. The highest BCUT2D eigenvalue weighted by atomic mass is 32.1. The van der Waals surface area contributed by atoms with Crippen LogP contribution in [0.1, 0.15) is 17.9 Å². The average molecular weight is 351 g/mol. The molecule has 0 unspecified atom stereocenters. The first kappa shape index (κ1) is 15.6. The second-order valence-corrected chi connectivity index (χ2v) is 6.33. The van der Waals surface area contributed by atoms with Crippen LogP contribution in [0.5, 0.6) is 0 Å². The van der Waals surface area contributed by atoms with E-state index in [4.69, 9.17) is 9.26 Å². The van der Waals surface area contributed by atoms with Crippen LogP contribution in [-0.4, -0.2) is 20.7 Å². The number of carbonyl (C=O) groups excluding carboxylic acids is 1. The van der Waals surface area contributed by atoms with Gasteiger partial charge in [0.05, 0.1) is 12.0 Å². The van der Waals surface area contributed by atoms with E-state index < -0.39 is 5.97 Å². The van der Waals surface area contributed by atoms with Crippen molar-refractivity contribution < 1.29 is 14.1 Å². The van der Waals surface area contributed by atoms with Crippen molar-refractivity contribution in [3.8, 4) is 11.5 Å². The molecule has 0 saturated heterocycles. The van der Waals surface area contributed by atoms with Gasteiger partial charge in [-0.25, -0.2) is 0 Å². The average Bonchev–Trinajstić information content (AvgIpc) is 3.25. The maximum atomic E-state index is 11.8. The second-order valence-electron chi connectivity index (χ2n) is 4.73. The van der Waals surface area contributed by atoms with Crippen LogP contribution in [0.4, 0.5) is 0 Å². The molecular weight excluding hydrogens is 338 g/mol. The van der Waals surface area contributed by atoms with E-state index in [1.54, 1.807) is 9.95 Å². The zero-order chi connectivity index (χ0) is 16.2. The molecule has 3 aromatic rings. The summed E-state index contributed by atoms with van der Waals surface area (Å²) in [4.78, 5) is 27.4. The van der Waals surface area contributed by atoms with Crippen LogP contribution in [-0.2, 0) is 22.7 Å². The molecule has 0 radical (unpaired) electrons. The number of aromatic nitrogens is 3. The maximum absolute atomic E-state index is 11.8. The molecule has 0 aliphatic rings. The molecule has 0 fully saturated rings. The number of hydrogen-bond donors (Lipinski definition) is 0. The molecule has 0 aliphatic heterocycles. The molecule has 0 amide bonds. The van der Waals surface area contributed by atoms with Gasteiger partial charge in [-0.05, 0) is 18.4 Å². The minimum atomic E-state index is -0.413. The lowest BCUT2D eigenvalue weighted by molar-refractivity contribution is -0.145. The summed E-state index contributed by atoms with van der Waals surface area (Å²) in [7, 11) is 0. The number of ether oxygens (including phenoxy) is 1. The summed E-state index contributed by atoms with van der Waals surface area (Å²) in [6.07, 6.45) is 0.118. The van der Waals surface area contributed by atoms with Crippen molar-refractivity contribution in [3.63, 3.8) is 0 Å². The van der Waals surface area contributed by atoms with Crippen LogP contribution in [0, 0.1) is 6.92 Å². The first-order chi connectivity index (χ1) is 11.1. The SMILES string of the molecule is Cc1csc(=O)n1CCC(=O)OCc1noc(-c2ccsc2)n1. The van der Waals surface area contributed by atoms with Crippen LogP contribution >= 0.6 is 22.7 Å². The minimum absolute atomic E-state index is 0.0516. The molecule has 3 heterocycles. The molecule has 120 valence electrons. The van der Waals surface area contributed by atoms with Crippen molar-refractivity contribution in [2.24, 2.45) is 0 Å². The highest BCUT2D eigenvalue weighted by molar-refractivity contribution is 7.08. The van der Waals surface area contributed by atoms with Crippen LogP contribution in [0.3, 0.4) is 0 Å². The zero-order valence-corrected chi connectivity index (χ0v) is 13.9. The molecule has 0 spiro atoms. The number of esters is 1. The van der Waals surface area contributed by atoms with Gasteiger partial charge in [0.15, 0.2) is 6.61 Å². The fourth-order valence-electron chi connectivity index (χ4n) is 1.91. The number of hydrogen-bond acceptors (Lipinski definition) is 8. The monoisotopic (exact) mass is 351 g/mol. The maximum Gasteiger partial charge on any atom is 0.308 e. The van der Waals surface area contributed by atoms with E-state index in [1.807, 2.05) is 23.8 Å². The van der Waals surface area contributed by atoms with Gasteiger partial charge in [-0.15, -0.1) is 0 Å². The highest BCUT2D eigenvalue weighted by Crippen LogP contribution is 2.19.